The Morgan fingerprint density at radius 3 is 2.40 bits per heavy atom. The maximum atomic E-state index is 4.55. The summed E-state index contributed by atoms with van der Waals surface area (Å²) in [5.74, 6) is 0. The first kappa shape index (κ1) is 8.48. The molecule has 1 aliphatic rings. The molecule has 0 saturated heterocycles. The zero-order valence-electron chi connectivity index (χ0n) is 8.30. The predicted molar refractivity (Wildman–Crippen MR) is 65.5 cm³/mol. The standard InChI is InChI=1S/C13H10BN/c1-2-7-12(8-3-1)14-13-9-5-4-6-11(13)10-15-14/h1-10H. The van der Waals surface area contributed by atoms with Gasteiger partial charge in [0.05, 0.1) is 0 Å². The zero-order valence-corrected chi connectivity index (χ0v) is 8.30. The third kappa shape index (κ3) is 1.38. The van der Waals surface area contributed by atoms with Crippen LogP contribution in [0.1, 0.15) is 5.56 Å². The summed E-state index contributed by atoms with van der Waals surface area (Å²) in [6, 6.07) is 18.8. The van der Waals surface area contributed by atoms with Crippen LogP contribution in [-0.4, -0.2) is 13.1 Å². The lowest BCUT2D eigenvalue weighted by Gasteiger charge is -2.05. The summed E-state index contributed by atoms with van der Waals surface area (Å²) < 4.78 is 0. The summed E-state index contributed by atoms with van der Waals surface area (Å²) in [5.41, 5.74) is 3.81. The summed E-state index contributed by atoms with van der Waals surface area (Å²) >= 11 is 0. The second-order valence-electron chi connectivity index (χ2n) is 3.72. The molecule has 0 amide bonds. The Hall–Kier alpha value is -1.83. The van der Waals surface area contributed by atoms with Crippen LogP contribution >= 0.6 is 0 Å². The molecule has 2 heteroatoms. The lowest BCUT2D eigenvalue weighted by Crippen LogP contribution is -2.38. The second-order valence-corrected chi connectivity index (χ2v) is 3.72. The Morgan fingerprint density at radius 1 is 0.800 bits per heavy atom. The molecule has 0 atom stereocenters. The van der Waals surface area contributed by atoms with Gasteiger partial charge in [-0.3, -0.25) is 0 Å². The van der Waals surface area contributed by atoms with Gasteiger partial charge in [0, 0.05) is 6.21 Å². The van der Waals surface area contributed by atoms with Gasteiger partial charge in [-0.25, -0.2) is 0 Å². The smallest absolute Gasteiger partial charge is 0.335 e. The molecule has 0 N–H and O–H groups in total. The van der Waals surface area contributed by atoms with Gasteiger partial charge in [0.1, 0.15) is 0 Å². The number of nitrogens with zero attached hydrogens (tertiary/aromatic N) is 1. The van der Waals surface area contributed by atoms with Crippen molar-refractivity contribution in [1.82, 2.24) is 0 Å². The van der Waals surface area contributed by atoms with Gasteiger partial charge < -0.3 is 4.90 Å². The molecule has 0 radical (unpaired) electrons. The molecule has 0 spiro atoms. The van der Waals surface area contributed by atoms with Crippen molar-refractivity contribution in [2.75, 3.05) is 0 Å². The van der Waals surface area contributed by atoms with E-state index in [0.29, 0.717) is 0 Å². The van der Waals surface area contributed by atoms with Crippen LogP contribution in [0.15, 0.2) is 59.5 Å². The number of hydrogen-bond acceptors (Lipinski definition) is 1. The summed E-state index contributed by atoms with van der Waals surface area (Å²) in [6.45, 7) is 0.197. The average molecular weight is 191 g/mol. The van der Waals surface area contributed by atoms with Crippen molar-refractivity contribution in [3.63, 3.8) is 0 Å². The highest BCUT2D eigenvalue weighted by Gasteiger charge is 2.24. The van der Waals surface area contributed by atoms with Crippen molar-refractivity contribution >= 4 is 24.0 Å². The minimum absolute atomic E-state index is 0.197. The fraction of sp³-hybridized carbons (Fsp3) is 0. The minimum atomic E-state index is 0.197. The van der Waals surface area contributed by atoms with Gasteiger partial charge in [0.15, 0.2) is 0 Å². The summed E-state index contributed by atoms with van der Waals surface area (Å²) in [4.78, 5) is 4.55. The van der Waals surface area contributed by atoms with E-state index in [1.807, 2.05) is 12.3 Å². The van der Waals surface area contributed by atoms with Crippen molar-refractivity contribution in [2.24, 2.45) is 4.90 Å². The van der Waals surface area contributed by atoms with Gasteiger partial charge in [-0.15, -0.1) is 0 Å². The Morgan fingerprint density at radius 2 is 1.53 bits per heavy atom. The molecule has 2 aromatic rings. The fourth-order valence-corrected chi connectivity index (χ4v) is 2.01. The van der Waals surface area contributed by atoms with E-state index in [4.69, 9.17) is 0 Å². The molecule has 70 valence electrons. The van der Waals surface area contributed by atoms with Crippen molar-refractivity contribution in [3.05, 3.63) is 60.2 Å². The first-order valence-corrected chi connectivity index (χ1v) is 5.12. The summed E-state index contributed by atoms with van der Waals surface area (Å²) in [7, 11) is 0. The molecule has 0 saturated carbocycles. The van der Waals surface area contributed by atoms with E-state index in [9.17, 15) is 0 Å². The maximum absolute atomic E-state index is 4.55. The van der Waals surface area contributed by atoms with Gasteiger partial charge in [0.25, 0.3) is 0 Å². The van der Waals surface area contributed by atoms with Crippen LogP contribution in [0.5, 0.6) is 0 Å². The monoisotopic (exact) mass is 191 g/mol. The van der Waals surface area contributed by atoms with Gasteiger partial charge in [-0.1, -0.05) is 54.6 Å². The Kier molecular flexibility index (Phi) is 1.92. The first-order valence-electron chi connectivity index (χ1n) is 5.12. The van der Waals surface area contributed by atoms with Gasteiger partial charge in [-0.2, -0.15) is 0 Å². The number of rotatable bonds is 1. The van der Waals surface area contributed by atoms with E-state index in [-0.39, 0.29) is 6.85 Å². The van der Waals surface area contributed by atoms with Crippen LogP contribution in [0, 0.1) is 0 Å². The number of benzene rings is 2. The predicted octanol–water partition coefficient (Wildman–Crippen LogP) is 1.22. The molecule has 3 rings (SSSR count). The molecule has 1 heterocycles. The molecule has 0 unspecified atom stereocenters. The molecule has 1 aliphatic heterocycles. The van der Waals surface area contributed by atoms with E-state index < -0.39 is 0 Å². The average Bonchev–Trinajstić information content (AvgIpc) is 2.74. The Labute approximate surface area is 89.6 Å². The number of hydrogen-bond donors (Lipinski definition) is 0. The molecule has 0 aromatic heterocycles. The van der Waals surface area contributed by atoms with E-state index in [2.05, 4.69) is 53.4 Å². The molecular weight excluding hydrogens is 181 g/mol. The second kappa shape index (κ2) is 3.39. The quantitative estimate of drug-likeness (QED) is 0.601. The third-order valence-corrected chi connectivity index (χ3v) is 2.77. The van der Waals surface area contributed by atoms with Crippen LogP contribution in [0.4, 0.5) is 0 Å². The van der Waals surface area contributed by atoms with Crippen LogP contribution in [0.2, 0.25) is 0 Å². The minimum Gasteiger partial charge on any atom is -0.335 e. The van der Waals surface area contributed by atoms with Crippen molar-refractivity contribution in [3.8, 4) is 0 Å². The molecule has 0 aliphatic carbocycles. The molecular formula is C13H10BN. The normalized spacial score (nSPS) is 12.9. The van der Waals surface area contributed by atoms with Gasteiger partial charge >= 0.3 is 6.85 Å². The Bertz CT molecular complexity index is 505. The van der Waals surface area contributed by atoms with Gasteiger partial charge in [-0.05, 0) is 16.5 Å². The summed E-state index contributed by atoms with van der Waals surface area (Å²) in [5, 5.41) is 0. The van der Waals surface area contributed by atoms with Crippen LogP contribution < -0.4 is 10.9 Å². The van der Waals surface area contributed by atoms with Crippen LogP contribution in [0.3, 0.4) is 0 Å². The van der Waals surface area contributed by atoms with Crippen molar-refractivity contribution in [1.29, 1.82) is 0 Å². The van der Waals surface area contributed by atoms with Gasteiger partial charge in [0.2, 0.25) is 0 Å². The first-order chi connectivity index (χ1) is 7.45. The molecule has 0 bridgehead atoms. The highest BCUT2D eigenvalue weighted by molar-refractivity contribution is 6.86. The third-order valence-electron chi connectivity index (χ3n) is 2.77. The largest absolute Gasteiger partial charge is 0.344 e. The van der Waals surface area contributed by atoms with Crippen molar-refractivity contribution < 1.29 is 0 Å². The lowest BCUT2D eigenvalue weighted by molar-refractivity contribution is 1.72. The van der Waals surface area contributed by atoms with Crippen molar-refractivity contribution in [2.45, 2.75) is 0 Å². The fourth-order valence-electron chi connectivity index (χ4n) is 2.01. The topological polar surface area (TPSA) is 12.4 Å². The van der Waals surface area contributed by atoms with E-state index >= 15 is 0 Å². The molecule has 2 aromatic carbocycles. The van der Waals surface area contributed by atoms with Crippen LogP contribution in [-0.2, 0) is 0 Å². The SMILES string of the molecule is C1=NB(c2ccccc2)c2ccccc21. The number of fused-ring (bicyclic) bond motifs is 1. The lowest BCUT2D eigenvalue weighted by atomic mass is 9.52. The Balaban J connectivity index is 2.09. The van der Waals surface area contributed by atoms with E-state index in [1.54, 1.807) is 0 Å². The van der Waals surface area contributed by atoms with E-state index in [1.165, 1.54) is 16.5 Å². The highest BCUT2D eigenvalue weighted by Crippen LogP contribution is 2.04. The molecule has 15 heavy (non-hydrogen) atoms. The zero-order chi connectivity index (χ0) is 10.1. The highest BCUT2D eigenvalue weighted by atomic mass is 14.6. The molecule has 0 fully saturated rings. The summed E-state index contributed by atoms with van der Waals surface area (Å²) in [6.07, 6.45) is 1.97. The van der Waals surface area contributed by atoms with E-state index in [0.717, 1.165) is 0 Å². The molecule has 1 nitrogen and oxygen atoms in total. The maximum Gasteiger partial charge on any atom is 0.344 e. The van der Waals surface area contributed by atoms with Crippen LogP contribution in [0.25, 0.3) is 0 Å².